The lowest BCUT2D eigenvalue weighted by Gasteiger charge is -2.35. The number of halogens is 4. The van der Waals surface area contributed by atoms with Gasteiger partial charge in [0.2, 0.25) is 5.91 Å². The molecule has 4 rings (SSSR count). The summed E-state index contributed by atoms with van der Waals surface area (Å²) in [5, 5.41) is 6.17. The lowest BCUT2D eigenvalue weighted by atomic mass is 10.1. The van der Waals surface area contributed by atoms with Gasteiger partial charge in [0.1, 0.15) is 5.82 Å². The number of amides is 2. The summed E-state index contributed by atoms with van der Waals surface area (Å²) >= 11 is 6.01. The minimum Gasteiger partial charge on any atom is -0.355 e. The van der Waals surface area contributed by atoms with Gasteiger partial charge >= 0.3 is 6.18 Å². The van der Waals surface area contributed by atoms with Gasteiger partial charge in [0.05, 0.1) is 17.1 Å². The minimum atomic E-state index is -4.53. The third-order valence-electron chi connectivity index (χ3n) is 5.28. The Bertz CT molecular complexity index is 1180. The average molecular weight is 494 g/mol. The van der Waals surface area contributed by atoms with E-state index < -0.39 is 17.6 Å². The number of anilines is 1. The Morgan fingerprint density at radius 2 is 1.79 bits per heavy atom. The molecule has 0 spiro atoms. The lowest BCUT2D eigenvalue weighted by molar-refractivity contribution is -0.137. The van der Waals surface area contributed by atoms with Crippen LogP contribution in [0.3, 0.4) is 0 Å². The van der Waals surface area contributed by atoms with Crippen LogP contribution in [0, 0.1) is 0 Å². The second-order valence-corrected chi connectivity index (χ2v) is 7.93. The number of nitrogens with one attached hydrogen (secondary N) is 1. The number of nitrogens with zero attached hydrogens (tertiary/aromatic N) is 4. The SMILES string of the molecule is O=C(NCC(=O)N1CCN(c2ncc(C(F)(F)F)cc2Cl)CC1)c1cc(-c2ccccc2)on1. The van der Waals surface area contributed by atoms with Crippen molar-refractivity contribution in [3.63, 3.8) is 0 Å². The molecule has 0 radical (unpaired) electrons. The summed E-state index contributed by atoms with van der Waals surface area (Å²) in [5.74, 6) is -0.177. The van der Waals surface area contributed by atoms with Gasteiger partial charge in [0.25, 0.3) is 5.91 Å². The molecular weight excluding hydrogens is 475 g/mol. The lowest BCUT2D eigenvalue weighted by Crippen LogP contribution is -2.51. The molecule has 2 amide bonds. The third kappa shape index (κ3) is 5.30. The van der Waals surface area contributed by atoms with E-state index in [1.165, 1.54) is 6.07 Å². The highest BCUT2D eigenvalue weighted by molar-refractivity contribution is 6.33. The molecule has 0 saturated carbocycles. The van der Waals surface area contributed by atoms with Crippen molar-refractivity contribution < 1.29 is 27.3 Å². The normalized spacial score (nSPS) is 14.2. The number of pyridine rings is 1. The minimum absolute atomic E-state index is 0.0551. The largest absolute Gasteiger partial charge is 0.417 e. The molecule has 0 bridgehead atoms. The fraction of sp³-hybridized carbons (Fsp3) is 0.273. The molecule has 2 aromatic heterocycles. The van der Waals surface area contributed by atoms with E-state index in [0.717, 1.165) is 17.8 Å². The molecule has 178 valence electrons. The molecule has 1 aliphatic rings. The number of piperazine rings is 1. The predicted molar refractivity (Wildman–Crippen MR) is 117 cm³/mol. The molecule has 1 aliphatic heterocycles. The predicted octanol–water partition coefficient (Wildman–Crippen LogP) is 3.49. The maximum absolute atomic E-state index is 12.8. The average Bonchev–Trinajstić information content (AvgIpc) is 3.33. The molecule has 0 unspecified atom stereocenters. The first-order valence-electron chi connectivity index (χ1n) is 10.3. The van der Waals surface area contributed by atoms with Crippen LogP contribution in [-0.4, -0.2) is 59.6 Å². The second kappa shape index (κ2) is 9.72. The monoisotopic (exact) mass is 493 g/mol. The van der Waals surface area contributed by atoms with Crippen LogP contribution in [0.25, 0.3) is 11.3 Å². The van der Waals surface area contributed by atoms with E-state index in [9.17, 15) is 22.8 Å². The maximum Gasteiger partial charge on any atom is 0.417 e. The third-order valence-corrected chi connectivity index (χ3v) is 5.56. The smallest absolute Gasteiger partial charge is 0.355 e. The van der Waals surface area contributed by atoms with Gasteiger partial charge in [-0.25, -0.2) is 4.98 Å². The molecule has 12 heteroatoms. The molecule has 3 aromatic rings. The highest BCUT2D eigenvalue weighted by Crippen LogP contribution is 2.33. The zero-order valence-electron chi connectivity index (χ0n) is 17.7. The molecular formula is C22H19ClF3N5O3. The Labute approximate surface area is 197 Å². The highest BCUT2D eigenvalue weighted by Gasteiger charge is 2.32. The van der Waals surface area contributed by atoms with E-state index in [1.54, 1.807) is 9.80 Å². The number of hydrogen-bond acceptors (Lipinski definition) is 6. The van der Waals surface area contributed by atoms with Gasteiger partial charge in [-0.1, -0.05) is 47.1 Å². The maximum atomic E-state index is 12.8. The van der Waals surface area contributed by atoms with Crippen LogP contribution in [0.5, 0.6) is 0 Å². The molecule has 1 N–H and O–H groups in total. The van der Waals surface area contributed by atoms with Crippen molar-refractivity contribution in [3.05, 3.63) is 64.9 Å². The quantitative estimate of drug-likeness (QED) is 0.585. The van der Waals surface area contributed by atoms with Crippen molar-refractivity contribution in [3.8, 4) is 11.3 Å². The number of carbonyl (C=O) groups is 2. The van der Waals surface area contributed by atoms with Crippen LogP contribution in [0.1, 0.15) is 16.1 Å². The summed E-state index contributed by atoms with van der Waals surface area (Å²) in [7, 11) is 0. The fourth-order valence-corrected chi connectivity index (χ4v) is 3.75. The summed E-state index contributed by atoms with van der Waals surface area (Å²) in [6.45, 7) is 1.04. The van der Waals surface area contributed by atoms with Gasteiger partial charge in [-0.3, -0.25) is 9.59 Å². The van der Waals surface area contributed by atoms with Crippen molar-refractivity contribution in [2.24, 2.45) is 0 Å². The molecule has 1 fully saturated rings. The zero-order valence-corrected chi connectivity index (χ0v) is 18.4. The first kappa shape index (κ1) is 23.6. The van der Waals surface area contributed by atoms with Gasteiger partial charge in [0.15, 0.2) is 11.5 Å². The molecule has 1 saturated heterocycles. The van der Waals surface area contributed by atoms with Gasteiger partial charge in [-0.05, 0) is 6.07 Å². The van der Waals surface area contributed by atoms with E-state index in [2.05, 4.69) is 15.5 Å². The van der Waals surface area contributed by atoms with Gasteiger partial charge in [-0.15, -0.1) is 0 Å². The van der Waals surface area contributed by atoms with Crippen molar-refractivity contribution in [1.82, 2.24) is 20.4 Å². The number of benzene rings is 1. The van der Waals surface area contributed by atoms with Crippen molar-refractivity contribution >= 4 is 29.2 Å². The van der Waals surface area contributed by atoms with Crippen molar-refractivity contribution in [2.75, 3.05) is 37.6 Å². The molecule has 34 heavy (non-hydrogen) atoms. The van der Waals surface area contributed by atoms with Crippen LogP contribution in [0.15, 0.2) is 53.2 Å². The second-order valence-electron chi connectivity index (χ2n) is 7.52. The summed E-state index contributed by atoms with van der Waals surface area (Å²) < 4.78 is 43.6. The fourth-order valence-electron chi connectivity index (χ4n) is 3.47. The van der Waals surface area contributed by atoms with Crippen LogP contribution >= 0.6 is 11.6 Å². The van der Waals surface area contributed by atoms with E-state index >= 15 is 0 Å². The standard InChI is InChI=1S/C22H19ClF3N5O3/c23-16-10-15(22(24,25)26)12-27-20(16)31-8-6-30(7-9-31)19(32)13-28-21(33)17-11-18(34-29-17)14-4-2-1-3-5-14/h1-5,10-12H,6-9,13H2,(H,28,33). The summed E-state index contributed by atoms with van der Waals surface area (Å²) in [5.41, 5.74) is -0.0982. The van der Waals surface area contributed by atoms with Crippen LogP contribution in [0.4, 0.5) is 19.0 Å². The van der Waals surface area contributed by atoms with Gasteiger partial charge in [-0.2, -0.15) is 13.2 Å². The Morgan fingerprint density at radius 3 is 2.44 bits per heavy atom. The summed E-state index contributed by atoms with van der Waals surface area (Å²) in [4.78, 5) is 32.0. The number of aromatic nitrogens is 2. The number of hydrogen-bond donors (Lipinski definition) is 1. The van der Waals surface area contributed by atoms with Crippen molar-refractivity contribution in [1.29, 1.82) is 0 Å². The number of alkyl halides is 3. The first-order valence-corrected chi connectivity index (χ1v) is 10.7. The Kier molecular flexibility index (Phi) is 6.73. The van der Waals surface area contributed by atoms with Crippen LogP contribution in [0.2, 0.25) is 5.02 Å². The van der Waals surface area contributed by atoms with E-state index in [0.29, 0.717) is 31.9 Å². The van der Waals surface area contributed by atoms with Crippen LogP contribution in [-0.2, 0) is 11.0 Å². The van der Waals surface area contributed by atoms with Gasteiger partial charge in [0, 0.05) is 44.0 Å². The van der Waals surface area contributed by atoms with Crippen LogP contribution < -0.4 is 10.2 Å². The molecule has 8 nitrogen and oxygen atoms in total. The van der Waals surface area contributed by atoms with E-state index in [4.69, 9.17) is 16.1 Å². The topological polar surface area (TPSA) is 91.6 Å². The molecule has 0 atom stereocenters. The Morgan fingerprint density at radius 1 is 1.09 bits per heavy atom. The summed E-state index contributed by atoms with van der Waals surface area (Å²) in [6, 6.07) is 11.5. The van der Waals surface area contributed by atoms with E-state index in [1.807, 2.05) is 30.3 Å². The van der Waals surface area contributed by atoms with Crippen molar-refractivity contribution in [2.45, 2.75) is 6.18 Å². The molecule has 1 aromatic carbocycles. The Balaban J connectivity index is 1.28. The molecule has 3 heterocycles. The van der Waals surface area contributed by atoms with E-state index in [-0.39, 0.29) is 29.0 Å². The highest BCUT2D eigenvalue weighted by atomic mass is 35.5. The molecule has 0 aliphatic carbocycles. The summed E-state index contributed by atoms with van der Waals surface area (Å²) in [6.07, 6.45) is -3.79. The van der Waals surface area contributed by atoms with Gasteiger partial charge < -0.3 is 19.6 Å². The zero-order chi connectivity index (χ0) is 24.3. The Hall–Kier alpha value is -3.60. The number of carbonyl (C=O) groups excluding carboxylic acids is 2. The number of rotatable bonds is 5. The first-order chi connectivity index (χ1) is 16.2.